The van der Waals surface area contributed by atoms with Gasteiger partial charge in [0.2, 0.25) is 0 Å². The van der Waals surface area contributed by atoms with Gasteiger partial charge in [0, 0.05) is 23.3 Å². The average Bonchev–Trinajstić information content (AvgIpc) is 2.31. The lowest BCUT2D eigenvalue weighted by Gasteiger charge is -2.37. The van der Waals surface area contributed by atoms with Crippen molar-refractivity contribution in [3.05, 3.63) is 22.3 Å². The van der Waals surface area contributed by atoms with Gasteiger partial charge >= 0.3 is 0 Å². The Hall–Kier alpha value is -0.610. The first-order valence-corrected chi connectivity index (χ1v) is 7.10. The highest BCUT2D eigenvalue weighted by atomic mass is 79.9. The number of halogens is 1. The maximum absolute atomic E-state index is 5.71. The van der Waals surface area contributed by atoms with E-state index < -0.39 is 0 Å². The molecule has 0 spiro atoms. The quantitative estimate of drug-likeness (QED) is 0.933. The summed E-state index contributed by atoms with van der Waals surface area (Å²) in [5.74, 6) is 1.13. The van der Waals surface area contributed by atoms with Crippen molar-refractivity contribution in [1.82, 2.24) is 4.98 Å². The summed E-state index contributed by atoms with van der Waals surface area (Å²) >= 11 is 3.47. The maximum Gasteiger partial charge on any atom is 0.131 e. The number of pyridine rings is 1. The van der Waals surface area contributed by atoms with E-state index in [9.17, 15) is 0 Å². The van der Waals surface area contributed by atoms with Gasteiger partial charge in [0.25, 0.3) is 0 Å². The van der Waals surface area contributed by atoms with E-state index >= 15 is 0 Å². The minimum Gasteiger partial charge on any atom is -0.353 e. The van der Waals surface area contributed by atoms with Gasteiger partial charge in [0.15, 0.2) is 0 Å². The second kappa shape index (κ2) is 5.83. The van der Waals surface area contributed by atoms with Crippen molar-refractivity contribution < 1.29 is 0 Å². The first-order valence-electron chi connectivity index (χ1n) is 6.31. The molecule has 1 aromatic heterocycles. The van der Waals surface area contributed by atoms with Crippen molar-refractivity contribution in [2.75, 3.05) is 18.0 Å². The molecule has 1 saturated heterocycles. The van der Waals surface area contributed by atoms with Gasteiger partial charge in [-0.15, -0.1) is 0 Å². The Balaban J connectivity index is 2.23. The van der Waals surface area contributed by atoms with Crippen LogP contribution in [0.4, 0.5) is 5.82 Å². The molecule has 1 aliphatic heterocycles. The molecule has 1 fully saturated rings. The Labute approximate surface area is 112 Å². The summed E-state index contributed by atoms with van der Waals surface area (Å²) in [6, 6.07) is 2.71. The monoisotopic (exact) mass is 297 g/mol. The second-order valence-electron chi connectivity index (χ2n) is 4.71. The lowest BCUT2D eigenvalue weighted by molar-refractivity contribution is 0.438. The Morgan fingerprint density at radius 3 is 3.06 bits per heavy atom. The molecule has 94 valence electrons. The molecule has 4 heteroatoms. The van der Waals surface area contributed by atoms with Crippen LogP contribution in [0.15, 0.2) is 16.7 Å². The van der Waals surface area contributed by atoms with Gasteiger partial charge in [-0.05, 0) is 66.7 Å². The number of hydrogen-bond donors (Lipinski definition) is 1. The number of aromatic nitrogens is 1. The fraction of sp³-hybridized carbons (Fsp3) is 0.615. The molecule has 0 aliphatic carbocycles. The molecule has 17 heavy (non-hydrogen) atoms. The number of hydrogen-bond acceptors (Lipinski definition) is 3. The van der Waals surface area contributed by atoms with E-state index in [1.165, 1.54) is 24.8 Å². The molecule has 1 aromatic rings. The Bertz CT molecular complexity index is 379. The largest absolute Gasteiger partial charge is 0.353 e. The standard InChI is InChI=1S/C13H20BrN3/c1-10-8-11(14)9-16-13(10)17-7-3-2-4-12(17)5-6-15/h8-9,12H,2-7,15H2,1H3. The second-order valence-corrected chi connectivity index (χ2v) is 5.63. The highest BCUT2D eigenvalue weighted by molar-refractivity contribution is 9.10. The van der Waals surface area contributed by atoms with Crippen LogP contribution in [-0.4, -0.2) is 24.1 Å². The van der Waals surface area contributed by atoms with Gasteiger partial charge in [-0.3, -0.25) is 0 Å². The molecule has 0 radical (unpaired) electrons. The number of rotatable bonds is 3. The Morgan fingerprint density at radius 1 is 1.53 bits per heavy atom. The minimum absolute atomic E-state index is 0.570. The lowest BCUT2D eigenvalue weighted by Crippen LogP contribution is -2.41. The molecule has 2 rings (SSSR count). The Kier molecular flexibility index (Phi) is 4.40. The van der Waals surface area contributed by atoms with E-state index in [2.05, 4.69) is 38.8 Å². The zero-order valence-corrected chi connectivity index (χ0v) is 11.9. The summed E-state index contributed by atoms with van der Waals surface area (Å²) in [4.78, 5) is 7.01. The van der Waals surface area contributed by atoms with Gasteiger partial charge in [-0.25, -0.2) is 4.98 Å². The molecule has 0 saturated carbocycles. The SMILES string of the molecule is Cc1cc(Br)cnc1N1CCCCC1CCN. The molecule has 2 heterocycles. The molecule has 0 aromatic carbocycles. The van der Waals surface area contributed by atoms with Crippen molar-refractivity contribution >= 4 is 21.7 Å². The van der Waals surface area contributed by atoms with Gasteiger partial charge < -0.3 is 10.6 Å². The number of anilines is 1. The summed E-state index contributed by atoms with van der Waals surface area (Å²) in [5.41, 5.74) is 6.95. The van der Waals surface area contributed by atoms with E-state index in [1.54, 1.807) is 0 Å². The van der Waals surface area contributed by atoms with Crippen molar-refractivity contribution in [3.63, 3.8) is 0 Å². The minimum atomic E-state index is 0.570. The van der Waals surface area contributed by atoms with Crippen LogP contribution in [0, 0.1) is 6.92 Å². The summed E-state index contributed by atoms with van der Waals surface area (Å²) in [6.07, 6.45) is 6.77. The smallest absolute Gasteiger partial charge is 0.131 e. The molecule has 0 amide bonds. The molecular formula is C13H20BrN3. The summed E-state index contributed by atoms with van der Waals surface area (Å²) in [7, 11) is 0. The summed E-state index contributed by atoms with van der Waals surface area (Å²) < 4.78 is 1.05. The maximum atomic E-state index is 5.71. The van der Waals surface area contributed by atoms with Crippen molar-refractivity contribution in [2.45, 2.75) is 38.6 Å². The van der Waals surface area contributed by atoms with Crippen LogP contribution in [0.5, 0.6) is 0 Å². The lowest BCUT2D eigenvalue weighted by atomic mass is 9.99. The third-order valence-electron chi connectivity index (χ3n) is 3.42. The van der Waals surface area contributed by atoms with Crippen molar-refractivity contribution in [1.29, 1.82) is 0 Å². The van der Waals surface area contributed by atoms with Crippen molar-refractivity contribution in [3.8, 4) is 0 Å². The van der Waals surface area contributed by atoms with Crippen LogP contribution >= 0.6 is 15.9 Å². The number of aryl methyl sites for hydroxylation is 1. The Morgan fingerprint density at radius 2 is 2.35 bits per heavy atom. The fourth-order valence-corrected chi connectivity index (χ4v) is 3.05. The van der Waals surface area contributed by atoms with Crippen LogP contribution in [0.3, 0.4) is 0 Å². The zero-order valence-electron chi connectivity index (χ0n) is 10.3. The third kappa shape index (κ3) is 2.99. The first-order chi connectivity index (χ1) is 8.22. The normalized spacial score (nSPS) is 20.6. The van der Waals surface area contributed by atoms with E-state index in [0.717, 1.165) is 29.8 Å². The topological polar surface area (TPSA) is 42.2 Å². The fourth-order valence-electron chi connectivity index (χ4n) is 2.61. The molecule has 0 bridgehead atoms. The molecular weight excluding hydrogens is 278 g/mol. The zero-order chi connectivity index (χ0) is 12.3. The molecule has 1 unspecified atom stereocenters. The van der Waals surface area contributed by atoms with Gasteiger partial charge in [-0.2, -0.15) is 0 Å². The molecule has 2 N–H and O–H groups in total. The summed E-state index contributed by atoms with van der Waals surface area (Å²) in [6.45, 7) is 4.00. The summed E-state index contributed by atoms with van der Waals surface area (Å²) in [5, 5.41) is 0. The van der Waals surface area contributed by atoms with Crippen LogP contribution in [-0.2, 0) is 0 Å². The van der Waals surface area contributed by atoms with E-state index in [0.29, 0.717) is 6.04 Å². The molecule has 1 aliphatic rings. The van der Waals surface area contributed by atoms with Crippen LogP contribution in [0.25, 0.3) is 0 Å². The number of nitrogens with two attached hydrogens (primary N) is 1. The third-order valence-corrected chi connectivity index (χ3v) is 3.85. The first kappa shape index (κ1) is 12.8. The van der Waals surface area contributed by atoms with Gasteiger partial charge in [-0.1, -0.05) is 0 Å². The molecule has 1 atom stereocenters. The molecule has 3 nitrogen and oxygen atoms in total. The van der Waals surface area contributed by atoms with Crippen LogP contribution in [0.2, 0.25) is 0 Å². The van der Waals surface area contributed by atoms with Crippen LogP contribution in [0.1, 0.15) is 31.2 Å². The average molecular weight is 298 g/mol. The van der Waals surface area contributed by atoms with Crippen molar-refractivity contribution in [2.24, 2.45) is 5.73 Å². The van der Waals surface area contributed by atoms with E-state index in [4.69, 9.17) is 5.73 Å². The predicted octanol–water partition coefficient (Wildman–Crippen LogP) is 2.86. The van der Waals surface area contributed by atoms with Crippen LogP contribution < -0.4 is 10.6 Å². The number of nitrogens with zero attached hydrogens (tertiary/aromatic N) is 2. The van der Waals surface area contributed by atoms with E-state index in [-0.39, 0.29) is 0 Å². The van der Waals surface area contributed by atoms with Gasteiger partial charge in [0.05, 0.1) is 0 Å². The van der Waals surface area contributed by atoms with Gasteiger partial charge in [0.1, 0.15) is 5.82 Å². The highest BCUT2D eigenvalue weighted by Gasteiger charge is 2.23. The number of piperidine rings is 1. The van der Waals surface area contributed by atoms with E-state index in [1.807, 2.05) is 6.20 Å². The highest BCUT2D eigenvalue weighted by Crippen LogP contribution is 2.28. The predicted molar refractivity (Wildman–Crippen MR) is 75.3 cm³/mol.